The first-order valence-corrected chi connectivity index (χ1v) is 9.83. The Morgan fingerprint density at radius 2 is 1.89 bits per heavy atom. The van der Waals surface area contributed by atoms with E-state index in [0.29, 0.717) is 22.4 Å². The molecular weight excluding hydrogens is 396 g/mol. The number of hydrogen-bond acceptors (Lipinski definition) is 7. The number of rotatable bonds is 4. The zero-order valence-corrected chi connectivity index (χ0v) is 16.2. The van der Waals surface area contributed by atoms with Crippen LogP contribution in [0.5, 0.6) is 0 Å². The van der Waals surface area contributed by atoms with Gasteiger partial charge in [-0.1, -0.05) is 41.6 Å². The molecule has 28 heavy (non-hydrogen) atoms. The Morgan fingerprint density at radius 1 is 1.00 bits per heavy atom. The Bertz CT molecular complexity index is 1300. The summed E-state index contributed by atoms with van der Waals surface area (Å²) < 4.78 is 11.8. The SMILES string of the molecule is C[C@H](Sc1ncnc2c1oc1ccccc12)c1nnc(-c2cccc(Cl)c2)o1. The predicted octanol–water partition coefficient (Wildman–Crippen LogP) is 5.93. The molecule has 0 N–H and O–H groups in total. The fourth-order valence-corrected chi connectivity index (χ4v) is 4.02. The lowest BCUT2D eigenvalue weighted by molar-refractivity contribution is 0.509. The molecule has 3 heterocycles. The van der Waals surface area contributed by atoms with E-state index < -0.39 is 0 Å². The Balaban J connectivity index is 1.47. The van der Waals surface area contributed by atoms with Gasteiger partial charge in [0.1, 0.15) is 22.5 Å². The van der Waals surface area contributed by atoms with Gasteiger partial charge in [-0.05, 0) is 37.3 Å². The van der Waals surface area contributed by atoms with Crippen LogP contribution in [0.3, 0.4) is 0 Å². The van der Waals surface area contributed by atoms with Crippen LogP contribution < -0.4 is 0 Å². The number of furan rings is 1. The molecule has 8 heteroatoms. The third-order valence-electron chi connectivity index (χ3n) is 4.27. The molecule has 0 unspecified atom stereocenters. The van der Waals surface area contributed by atoms with Gasteiger partial charge < -0.3 is 8.83 Å². The molecule has 0 spiro atoms. The summed E-state index contributed by atoms with van der Waals surface area (Å²) in [6.45, 7) is 1.98. The lowest BCUT2D eigenvalue weighted by Crippen LogP contribution is -1.91. The van der Waals surface area contributed by atoms with Gasteiger partial charge in [0, 0.05) is 16.0 Å². The quantitative estimate of drug-likeness (QED) is 0.269. The molecule has 0 saturated heterocycles. The van der Waals surface area contributed by atoms with E-state index in [9.17, 15) is 0 Å². The highest BCUT2D eigenvalue weighted by molar-refractivity contribution is 7.99. The van der Waals surface area contributed by atoms with Crippen molar-refractivity contribution in [3.05, 3.63) is 65.8 Å². The number of fused-ring (bicyclic) bond motifs is 3. The normalized spacial score (nSPS) is 12.6. The van der Waals surface area contributed by atoms with Gasteiger partial charge in [-0.15, -0.1) is 10.2 Å². The van der Waals surface area contributed by atoms with E-state index in [4.69, 9.17) is 20.4 Å². The van der Waals surface area contributed by atoms with Gasteiger partial charge in [0.15, 0.2) is 5.58 Å². The number of halogens is 1. The van der Waals surface area contributed by atoms with Crippen molar-refractivity contribution < 1.29 is 8.83 Å². The van der Waals surface area contributed by atoms with Gasteiger partial charge in [-0.25, -0.2) is 9.97 Å². The summed E-state index contributed by atoms with van der Waals surface area (Å²) in [4.78, 5) is 8.77. The van der Waals surface area contributed by atoms with Gasteiger partial charge in [0.25, 0.3) is 0 Å². The minimum Gasteiger partial charge on any atom is -0.451 e. The Labute approximate surface area is 169 Å². The summed E-state index contributed by atoms with van der Waals surface area (Å²) in [7, 11) is 0. The van der Waals surface area contributed by atoms with Crippen LogP contribution in [0.25, 0.3) is 33.5 Å². The van der Waals surface area contributed by atoms with Crippen LogP contribution in [0, 0.1) is 0 Å². The fraction of sp³-hybridized carbons (Fsp3) is 0.100. The summed E-state index contributed by atoms with van der Waals surface area (Å²) >= 11 is 7.53. The van der Waals surface area contributed by atoms with Crippen LogP contribution in [0.15, 0.2) is 68.7 Å². The minimum absolute atomic E-state index is 0.119. The van der Waals surface area contributed by atoms with E-state index in [2.05, 4.69) is 20.2 Å². The standard InChI is InChI=1S/C20H13ClN4O2S/c1-11(18-24-25-19(27-18)12-5-4-6-13(21)9-12)28-20-17-16(22-10-23-20)14-7-2-3-8-15(14)26-17/h2-11H,1H3/t11-/m0/s1. The average molecular weight is 409 g/mol. The maximum Gasteiger partial charge on any atom is 0.247 e. The molecule has 0 fully saturated rings. The van der Waals surface area contributed by atoms with Crippen molar-refractivity contribution in [1.29, 1.82) is 0 Å². The summed E-state index contributed by atoms with van der Waals surface area (Å²) in [6, 6.07) is 15.1. The number of thioether (sulfide) groups is 1. The second-order valence-electron chi connectivity index (χ2n) is 6.17. The monoisotopic (exact) mass is 408 g/mol. The lowest BCUT2D eigenvalue weighted by Gasteiger charge is -2.05. The van der Waals surface area contributed by atoms with E-state index >= 15 is 0 Å². The second kappa shape index (κ2) is 6.92. The Morgan fingerprint density at radius 3 is 2.79 bits per heavy atom. The highest BCUT2D eigenvalue weighted by Crippen LogP contribution is 2.39. The van der Waals surface area contributed by atoms with Crippen molar-refractivity contribution in [2.24, 2.45) is 0 Å². The first-order valence-electron chi connectivity index (χ1n) is 8.57. The van der Waals surface area contributed by atoms with Crippen molar-refractivity contribution >= 4 is 45.4 Å². The zero-order chi connectivity index (χ0) is 19.1. The van der Waals surface area contributed by atoms with E-state index in [1.807, 2.05) is 43.3 Å². The van der Waals surface area contributed by atoms with E-state index in [-0.39, 0.29) is 5.25 Å². The number of benzene rings is 2. The van der Waals surface area contributed by atoms with Gasteiger partial charge >= 0.3 is 0 Å². The van der Waals surface area contributed by atoms with Crippen LogP contribution in [0.4, 0.5) is 0 Å². The number of nitrogens with zero attached hydrogens (tertiary/aromatic N) is 4. The minimum atomic E-state index is -0.119. The maximum absolute atomic E-state index is 6.04. The highest BCUT2D eigenvalue weighted by Gasteiger charge is 2.20. The largest absolute Gasteiger partial charge is 0.451 e. The van der Waals surface area contributed by atoms with Crippen molar-refractivity contribution in [2.75, 3.05) is 0 Å². The van der Waals surface area contributed by atoms with Gasteiger partial charge in [0.2, 0.25) is 11.8 Å². The van der Waals surface area contributed by atoms with Crippen molar-refractivity contribution in [3.63, 3.8) is 0 Å². The predicted molar refractivity (Wildman–Crippen MR) is 108 cm³/mol. The second-order valence-corrected chi connectivity index (χ2v) is 7.94. The van der Waals surface area contributed by atoms with Crippen molar-refractivity contribution in [1.82, 2.24) is 20.2 Å². The van der Waals surface area contributed by atoms with Crippen molar-refractivity contribution in [2.45, 2.75) is 17.2 Å². The van der Waals surface area contributed by atoms with E-state index in [0.717, 1.165) is 27.1 Å². The molecule has 0 aliphatic heterocycles. The summed E-state index contributed by atoms with van der Waals surface area (Å²) in [5.74, 6) is 0.935. The molecule has 2 aromatic carbocycles. The van der Waals surface area contributed by atoms with Crippen LogP contribution in [-0.4, -0.2) is 20.2 Å². The molecule has 3 aromatic heterocycles. The summed E-state index contributed by atoms with van der Waals surface area (Å²) in [5, 5.41) is 10.5. The Hall–Kier alpha value is -2.90. The number of aromatic nitrogens is 4. The fourth-order valence-electron chi connectivity index (χ4n) is 2.94. The van der Waals surface area contributed by atoms with Crippen molar-refractivity contribution in [3.8, 4) is 11.5 Å². The molecule has 0 saturated carbocycles. The molecule has 1 atom stereocenters. The summed E-state index contributed by atoms with van der Waals surface area (Å²) in [5.41, 5.74) is 3.03. The lowest BCUT2D eigenvalue weighted by atomic mass is 10.2. The molecule has 6 nitrogen and oxygen atoms in total. The van der Waals surface area contributed by atoms with Gasteiger partial charge in [-0.3, -0.25) is 0 Å². The highest BCUT2D eigenvalue weighted by atomic mass is 35.5. The van der Waals surface area contributed by atoms with Crippen LogP contribution in [-0.2, 0) is 0 Å². The maximum atomic E-state index is 6.04. The number of para-hydroxylation sites is 1. The first kappa shape index (κ1) is 17.2. The molecule has 5 aromatic rings. The van der Waals surface area contributed by atoms with Gasteiger partial charge in [0.05, 0.1) is 5.25 Å². The average Bonchev–Trinajstić information content (AvgIpc) is 3.34. The molecule has 0 aliphatic rings. The molecular formula is C20H13ClN4O2S. The van der Waals surface area contributed by atoms with Gasteiger partial charge in [-0.2, -0.15) is 0 Å². The molecule has 0 bridgehead atoms. The molecule has 0 aliphatic carbocycles. The van der Waals surface area contributed by atoms with E-state index in [1.165, 1.54) is 11.8 Å². The number of hydrogen-bond donors (Lipinski definition) is 0. The molecule has 5 rings (SSSR count). The molecule has 0 radical (unpaired) electrons. The molecule has 138 valence electrons. The summed E-state index contributed by atoms with van der Waals surface area (Å²) in [6.07, 6.45) is 1.55. The zero-order valence-electron chi connectivity index (χ0n) is 14.7. The van der Waals surface area contributed by atoms with Crippen LogP contribution in [0.1, 0.15) is 18.1 Å². The van der Waals surface area contributed by atoms with Crippen LogP contribution in [0.2, 0.25) is 5.02 Å². The molecule has 0 amide bonds. The topological polar surface area (TPSA) is 77.8 Å². The third-order valence-corrected chi connectivity index (χ3v) is 5.58. The smallest absolute Gasteiger partial charge is 0.247 e. The van der Waals surface area contributed by atoms with Crippen LogP contribution >= 0.6 is 23.4 Å². The van der Waals surface area contributed by atoms with E-state index in [1.54, 1.807) is 18.5 Å². The Kier molecular flexibility index (Phi) is 4.26. The first-order chi connectivity index (χ1) is 13.7. The third kappa shape index (κ3) is 3.02.